The molecule has 0 amide bonds. The second-order valence-electron chi connectivity index (χ2n) is 5.07. The van der Waals surface area contributed by atoms with Gasteiger partial charge in [-0.3, -0.25) is 10.1 Å². The highest BCUT2D eigenvalue weighted by molar-refractivity contribution is 7.94. The lowest BCUT2D eigenvalue weighted by Gasteiger charge is -2.11. The third-order valence-corrected chi connectivity index (χ3v) is 5.06. The van der Waals surface area contributed by atoms with Crippen molar-refractivity contribution in [3.63, 3.8) is 0 Å². The number of non-ortho nitro benzene ring substituents is 1. The molecule has 0 fully saturated rings. The van der Waals surface area contributed by atoms with Crippen molar-refractivity contribution >= 4 is 33.2 Å². The van der Waals surface area contributed by atoms with Crippen molar-refractivity contribution < 1.29 is 22.8 Å². The molecule has 9 heteroatoms. The monoisotopic (exact) mass is 397 g/mol. The van der Waals surface area contributed by atoms with Gasteiger partial charge in [0.05, 0.1) is 28.6 Å². The van der Waals surface area contributed by atoms with E-state index in [9.17, 15) is 18.5 Å². The van der Waals surface area contributed by atoms with Gasteiger partial charge in [-0.05, 0) is 42.8 Å². The summed E-state index contributed by atoms with van der Waals surface area (Å²) >= 11 is 6.13. The van der Waals surface area contributed by atoms with Gasteiger partial charge >= 0.3 is 0 Å². The van der Waals surface area contributed by atoms with Crippen LogP contribution in [-0.4, -0.2) is 27.1 Å². The van der Waals surface area contributed by atoms with E-state index in [1.54, 1.807) is 19.1 Å². The van der Waals surface area contributed by atoms with E-state index in [1.165, 1.54) is 25.3 Å². The second kappa shape index (κ2) is 8.20. The first-order chi connectivity index (χ1) is 12.3. The first kappa shape index (κ1) is 19.7. The third kappa shape index (κ3) is 4.53. The fourth-order valence-electron chi connectivity index (χ4n) is 2.15. The van der Waals surface area contributed by atoms with Gasteiger partial charge in [0.15, 0.2) is 21.3 Å². The number of halogens is 1. The summed E-state index contributed by atoms with van der Waals surface area (Å²) in [5.74, 6) is 0.763. The van der Waals surface area contributed by atoms with E-state index in [4.69, 9.17) is 21.1 Å². The topological polar surface area (TPSA) is 95.7 Å². The molecule has 0 saturated carbocycles. The number of nitrogens with zero attached hydrogens (tertiary/aromatic N) is 1. The van der Waals surface area contributed by atoms with Crippen molar-refractivity contribution in [3.05, 3.63) is 62.5 Å². The number of nitro benzene ring substituents is 1. The largest absolute Gasteiger partial charge is 0.491 e. The van der Waals surface area contributed by atoms with E-state index in [0.717, 1.165) is 17.5 Å². The lowest BCUT2D eigenvalue weighted by Crippen LogP contribution is -1.98. The minimum atomic E-state index is -3.77. The maximum Gasteiger partial charge on any atom is 0.269 e. The number of ether oxygens (including phenoxy) is 2. The summed E-state index contributed by atoms with van der Waals surface area (Å²) < 4.78 is 35.3. The molecule has 7 nitrogen and oxygen atoms in total. The summed E-state index contributed by atoms with van der Waals surface area (Å²) in [6.07, 6.45) is 1.37. The van der Waals surface area contributed by atoms with Crippen LogP contribution in [-0.2, 0) is 9.84 Å². The molecule has 2 rings (SSSR count). The first-order valence-electron chi connectivity index (χ1n) is 7.46. The molecule has 26 heavy (non-hydrogen) atoms. The summed E-state index contributed by atoms with van der Waals surface area (Å²) in [5.41, 5.74) is 0.320. The van der Waals surface area contributed by atoms with Crippen LogP contribution in [0.15, 0.2) is 46.7 Å². The molecule has 138 valence electrons. The minimum absolute atomic E-state index is 0.0519. The molecule has 0 atom stereocenters. The van der Waals surface area contributed by atoms with E-state index >= 15 is 0 Å². The van der Waals surface area contributed by atoms with Crippen LogP contribution in [0.3, 0.4) is 0 Å². The molecule has 2 aromatic carbocycles. The average Bonchev–Trinajstić information content (AvgIpc) is 2.60. The van der Waals surface area contributed by atoms with E-state index in [-0.39, 0.29) is 15.6 Å². The predicted molar refractivity (Wildman–Crippen MR) is 98.5 cm³/mol. The number of methoxy groups -OCH3 is 1. The molecule has 0 bridgehead atoms. The maximum absolute atomic E-state index is 12.4. The lowest BCUT2D eigenvalue weighted by atomic mass is 10.2. The zero-order valence-corrected chi connectivity index (χ0v) is 15.6. The summed E-state index contributed by atoms with van der Waals surface area (Å²) in [4.78, 5) is 10.0. The molecule has 0 aliphatic heterocycles. The van der Waals surface area contributed by atoms with Crippen molar-refractivity contribution in [1.82, 2.24) is 0 Å². The molecule has 0 aliphatic carbocycles. The van der Waals surface area contributed by atoms with Crippen molar-refractivity contribution in [2.24, 2.45) is 0 Å². The number of nitro groups is 1. The number of sulfone groups is 1. The Morgan fingerprint density at radius 3 is 2.42 bits per heavy atom. The SMILES string of the molecule is CCOc1cc(/C=C/S(=O)(=O)c2ccc([N+](=O)[O-])cc2)cc(Cl)c1OC. The molecule has 0 aromatic heterocycles. The summed E-state index contributed by atoms with van der Waals surface area (Å²) in [5, 5.41) is 11.9. The van der Waals surface area contributed by atoms with Gasteiger partial charge in [0, 0.05) is 17.5 Å². The van der Waals surface area contributed by atoms with Gasteiger partial charge in [0.25, 0.3) is 5.69 Å². The normalized spacial score (nSPS) is 11.5. The van der Waals surface area contributed by atoms with Crippen LogP contribution in [0.2, 0.25) is 5.02 Å². The predicted octanol–water partition coefficient (Wildman–Crippen LogP) is 4.10. The van der Waals surface area contributed by atoms with Gasteiger partial charge in [-0.15, -0.1) is 0 Å². The molecule has 0 unspecified atom stereocenters. The van der Waals surface area contributed by atoms with Gasteiger partial charge in [-0.2, -0.15) is 0 Å². The van der Waals surface area contributed by atoms with Crippen molar-refractivity contribution in [3.8, 4) is 11.5 Å². The Balaban J connectivity index is 2.34. The highest BCUT2D eigenvalue weighted by Crippen LogP contribution is 2.36. The lowest BCUT2D eigenvalue weighted by molar-refractivity contribution is -0.384. The first-order valence-corrected chi connectivity index (χ1v) is 9.39. The smallest absolute Gasteiger partial charge is 0.269 e. The quantitative estimate of drug-likeness (QED) is 0.515. The Kier molecular flexibility index (Phi) is 6.23. The van der Waals surface area contributed by atoms with Gasteiger partial charge in [0.2, 0.25) is 0 Å². The van der Waals surface area contributed by atoms with E-state index in [0.29, 0.717) is 23.7 Å². The Morgan fingerprint density at radius 2 is 1.88 bits per heavy atom. The van der Waals surface area contributed by atoms with Crippen LogP contribution in [0.25, 0.3) is 6.08 Å². The fraction of sp³-hybridized carbons (Fsp3) is 0.176. The molecule has 0 radical (unpaired) electrons. The molecule has 0 saturated heterocycles. The van der Waals surface area contributed by atoms with Crippen molar-refractivity contribution in [2.75, 3.05) is 13.7 Å². The Hall–Kier alpha value is -2.58. The molecule has 2 aromatic rings. The second-order valence-corrected chi connectivity index (χ2v) is 7.31. The minimum Gasteiger partial charge on any atom is -0.491 e. The van der Waals surface area contributed by atoms with E-state index in [1.807, 2.05) is 0 Å². The highest BCUT2D eigenvalue weighted by Gasteiger charge is 2.14. The molecule has 0 spiro atoms. The zero-order chi connectivity index (χ0) is 19.3. The van der Waals surface area contributed by atoms with E-state index in [2.05, 4.69) is 0 Å². The van der Waals surface area contributed by atoms with Crippen LogP contribution >= 0.6 is 11.6 Å². The summed E-state index contributed by atoms with van der Waals surface area (Å²) in [6.45, 7) is 2.19. The number of hydrogen-bond acceptors (Lipinski definition) is 6. The Bertz CT molecular complexity index is 938. The average molecular weight is 398 g/mol. The Morgan fingerprint density at radius 1 is 1.23 bits per heavy atom. The van der Waals surface area contributed by atoms with Crippen LogP contribution in [0, 0.1) is 10.1 Å². The summed E-state index contributed by atoms with van der Waals surface area (Å²) in [6, 6.07) is 7.80. The summed E-state index contributed by atoms with van der Waals surface area (Å²) in [7, 11) is -2.32. The third-order valence-electron chi connectivity index (χ3n) is 3.35. The highest BCUT2D eigenvalue weighted by atomic mass is 35.5. The van der Waals surface area contributed by atoms with Crippen molar-refractivity contribution in [2.45, 2.75) is 11.8 Å². The van der Waals surface area contributed by atoms with Crippen LogP contribution in [0.1, 0.15) is 12.5 Å². The van der Waals surface area contributed by atoms with Crippen LogP contribution < -0.4 is 9.47 Å². The van der Waals surface area contributed by atoms with E-state index < -0.39 is 14.8 Å². The Labute approximate surface area is 155 Å². The van der Waals surface area contributed by atoms with Crippen LogP contribution in [0.4, 0.5) is 5.69 Å². The molecule has 0 aliphatic rings. The molecule has 0 N–H and O–H groups in total. The number of benzene rings is 2. The zero-order valence-electron chi connectivity index (χ0n) is 14.0. The maximum atomic E-state index is 12.4. The van der Waals surface area contributed by atoms with Crippen molar-refractivity contribution in [1.29, 1.82) is 0 Å². The standard InChI is InChI=1S/C17H16ClNO6S/c1-3-25-16-11-12(10-15(18)17(16)24-2)8-9-26(22,23)14-6-4-13(5-7-14)19(20)21/h4-11H,3H2,1-2H3/b9-8+. The van der Waals surface area contributed by atoms with Gasteiger partial charge in [-0.1, -0.05) is 11.6 Å². The van der Waals surface area contributed by atoms with Crippen LogP contribution in [0.5, 0.6) is 11.5 Å². The molecular formula is C17H16ClNO6S. The van der Waals surface area contributed by atoms with Gasteiger partial charge in [-0.25, -0.2) is 8.42 Å². The fourth-order valence-corrected chi connectivity index (χ4v) is 3.45. The molecular weight excluding hydrogens is 382 g/mol. The van der Waals surface area contributed by atoms with Gasteiger partial charge < -0.3 is 9.47 Å². The number of hydrogen-bond donors (Lipinski definition) is 0. The van der Waals surface area contributed by atoms with Gasteiger partial charge in [0.1, 0.15) is 0 Å². The number of rotatable bonds is 7. The molecule has 0 heterocycles.